The molecule has 5 nitrogen and oxygen atoms in total. The van der Waals surface area contributed by atoms with Crippen LogP contribution in [0.2, 0.25) is 0 Å². The maximum absolute atomic E-state index is 12.5. The zero-order valence-corrected chi connectivity index (χ0v) is 11.9. The number of carbonyl (C=O) groups excluding carboxylic acids is 2. The Bertz CT molecular complexity index is 340. The van der Waals surface area contributed by atoms with Gasteiger partial charge in [0.15, 0.2) is 0 Å². The Kier molecular flexibility index (Phi) is 4.80. The molecule has 3 atom stereocenters. The van der Waals surface area contributed by atoms with Gasteiger partial charge in [0.05, 0.1) is 6.10 Å². The van der Waals surface area contributed by atoms with E-state index in [1.54, 1.807) is 0 Å². The van der Waals surface area contributed by atoms with Crippen LogP contribution in [0.1, 0.15) is 39.5 Å². The van der Waals surface area contributed by atoms with Gasteiger partial charge in [0.25, 0.3) is 0 Å². The van der Waals surface area contributed by atoms with Crippen LogP contribution in [0.4, 0.5) is 0 Å². The minimum atomic E-state index is -0.374. The summed E-state index contributed by atoms with van der Waals surface area (Å²) in [5.41, 5.74) is 0. The molecule has 2 fully saturated rings. The van der Waals surface area contributed by atoms with Crippen molar-refractivity contribution in [1.29, 1.82) is 0 Å². The third kappa shape index (κ3) is 3.47. The molecule has 2 heterocycles. The van der Waals surface area contributed by atoms with Crippen LogP contribution in [0.15, 0.2) is 0 Å². The van der Waals surface area contributed by atoms with Gasteiger partial charge in [0.2, 0.25) is 11.8 Å². The Labute approximate surface area is 114 Å². The summed E-state index contributed by atoms with van der Waals surface area (Å²) in [4.78, 5) is 26.1. The van der Waals surface area contributed by atoms with Gasteiger partial charge in [-0.1, -0.05) is 20.3 Å². The van der Waals surface area contributed by atoms with Crippen LogP contribution in [0.3, 0.4) is 0 Å². The van der Waals surface area contributed by atoms with Gasteiger partial charge in [-0.05, 0) is 18.8 Å². The molecule has 0 aliphatic carbocycles. The fraction of sp³-hybridized carbons (Fsp3) is 0.857. The summed E-state index contributed by atoms with van der Waals surface area (Å²) in [6, 6.07) is -0.374. The molecule has 0 saturated carbocycles. The number of nitrogens with one attached hydrogen (secondary N) is 1. The van der Waals surface area contributed by atoms with Crippen molar-refractivity contribution >= 4 is 11.8 Å². The monoisotopic (exact) mass is 268 g/mol. The number of amides is 2. The minimum Gasteiger partial charge on any atom is -0.376 e. The lowest BCUT2D eigenvalue weighted by Gasteiger charge is -2.28. The van der Waals surface area contributed by atoms with E-state index in [9.17, 15) is 9.59 Å². The summed E-state index contributed by atoms with van der Waals surface area (Å²) in [5.74, 6) is 0.200. The van der Waals surface area contributed by atoms with Crippen LogP contribution < -0.4 is 5.32 Å². The van der Waals surface area contributed by atoms with E-state index >= 15 is 0 Å². The first-order chi connectivity index (χ1) is 9.11. The Hall–Kier alpha value is -1.10. The molecule has 108 valence electrons. The fourth-order valence-electron chi connectivity index (χ4n) is 2.69. The van der Waals surface area contributed by atoms with Gasteiger partial charge < -0.3 is 15.0 Å². The predicted molar refractivity (Wildman–Crippen MR) is 71.6 cm³/mol. The molecule has 5 heteroatoms. The smallest absolute Gasteiger partial charge is 0.245 e. The molecular formula is C14H24N2O3. The van der Waals surface area contributed by atoms with Gasteiger partial charge >= 0.3 is 0 Å². The zero-order chi connectivity index (χ0) is 13.8. The largest absolute Gasteiger partial charge is 0.376 e. The molecule has 2 saturated heterocycles. The van der Waals surface area contributed by atoms with Crippen LogP contribution in [-0.2, 0) is 14.3 Å². The van der Waals surface area contributed by atoms with Crippen molar-refractivity contribution in [2.24, 2.45) is 5.92 Å². The van der Waals surface area contributed by atoms with E-state index < -0.39 is 0 Å². The Morgan fingerprint density at radius 1 is 1.47 bits per heavy atom. The van der Waals surface area contributed by atoms with Crippen molar-refractivity contribution in [2.75, 3.05) is 19.7 Å². The number of hydrogen-bond acceptors (Lipinski definition) is 3. The van der Waals surface area contributed by atoms with E-state index in [1.165, 1.54) is 0 Å². The van der Waals surface area contributed by atoms with Gasteiger partial charge in [-0.2, -0.15) is 0 Å². The molecule has 0 aromatic heterocycles. The van der Waals surface area contributed by atoms with E-state index in [2.05, 4.69) is 5.32 Å². The molecule has 0 aromatic carbocycles. The van der Waals surface area contributed by atoms with Crippen molar-refractivity contribution in [1.82, 2.24) is 10.2 Å². The van der Waals surface area contributed by atoms with Gasteiger partial charge in [-0.15, -0.1) is 0 Å². The molecule has 0 bridgehead atoms. The fourth-order valence-corrected chi connectivity index (χ4v) is 2.69. The summed E-state index contributed by atoms with van der Waals surface area (Å²) >= 11 is 0. The molecule has 2 amide bonds. The number of carbonyl (C=O) groups is 2. The average Bonchev–Trinajstić information content (AvgIpc) is 2.87. The van der Waals surface area contributed by atoms with Crippen LogP contribution in [-0.4, -0.2) is 48.6 Å². The molecule has 0 aromatic rings. The highest BCUT2D eigenvalue weighted by Gasteiger charge is 2.34. The average molecular weight is 268 g/mol. The maximum Gasteiger partial charge on any atom is 0.245 e. The second kappa shape index (κ2) is 6.37. The van der Waals surface area contributed by atoms with E-state index in [-0.39, 0.29) is 29.9 Å². The number of nitrogens with zero attached hydrogens (tertiary/aromatic N) is 1. The molecule has 19 heavy (non-hydrogen) atoms. The van der Waals surface area contributed by atoms with Crippen LogP contribution in [0, 0.1) is 5.92 Å². The summed E-state index contributed by atoms with van der Waals surface area (Å²) in [6.45, 7) is 5.98. The lowest BCUT2D eigenvalue weighted by molar-refractivity contribution is -0.136. The number of hydrogen-bond donors (Lipinski definition) is 1. The normalized spacial score (nSPS) is 30.1. The lowest BCUT2D eigenvalue weighted by atomic mass is 9.98. The third-order valence-electron chi connectivity index (χ3n) is 4.16. The van der Waals surface area contributed by atoms with Crippen LogP contribution in [0.25, 0.3) is 0 Å². The molecule has 2 aliphatic rings. The van der Waals surface area contributed by atoms with Crippen LogP contribution >= 0.6 is 0 Å². The first kappa shape index (κ1) is 14.3. The van der Waals surface area contributed by atoms with Crippen LogP contribution in [0.5, 0.6) is 0 Å². The SMILES string of the molecule is CCC(C)C1NC(=O)CCN(CC2CCCO2)C1=O. The zero-order valence-electron chi connectivity index (χ0n) is 11.9. The second-order valence-electron chi connectivity index (χ2n) is 5.60. The van der Waals surface area contributed by atoms with Crippen molar-refractivity contribution in [2.45, 2.75) is 51.7 Å². The molecule has 1 N–H and O–H groups in total. The Balaban J connectivity index is 2.04. The highest BCUT2D eigenvalue weighted by molar-refractivity contribution is 5.90. The first-order valence-electron chi connectivity index (χ1n) is 7.31. The standard InChI is InChI=1S/C14H24N2O3/c1-3-10(2)13-14(18)16(7-6-12(17)15-13)9-11-5-4-8-19-11/h10-11,13H,3-9H2,1-2H3,(H,15,17). The molecule has 3 unspecified atom stereocenters. The summed E-state index contributed by atoms with van der Waals surface area (Å²) in [5, 5.41) is 2.86. The van der Waals surface area contributed by atoms with Gasteiger partial charge in [0, 0.05) is 26.1 Å². The Morgan fingerprint density at radius 3 is 2.89 bits per heavy atom. The molecule has 2 rings (SSSR count). The predicted octanol–water partition coefficient (Wildman–Crippen LogP) is 0.929. The summed E-state index contributed by atoms with van der Waals surface area (Å²) in [7, 11) is 0. The highest BCUT2D eigenvalue weighted by atomic mass is 16.5. The van der Waals surface area contributed by atoms with Crippen molar-refractivity contribution in [3.63, 3.8) is 0 Å². The lowest BCUT2D eigenvalue weighted by Crippen LogP contribution is -2.49. The summed E-state index contributed by atoms with van der Waals surface area (Å²) < 4.78 is 5.59. The molecule has 2 aliphatic heterocycles. The molecule has 0 radical (unpaired) electrons. The molecular weight excluding hydrogens is 244 g/mol. The van der Waals surface area contributed by atoms with E-state index in [1.807, 2.05) is 18.7 Å². The van der Waals surface area contributed by atoms with Gasteiger partial charge in [0.1, 0.15) is 6.04 Å². The summed E-state index contributed by atoms with van der Waals surface area (Å²) in [6.07, 6.45) is 3.50. The van der Waals surface area contributed by atoms with E-state index in [4.69, 9.17) is 4.74 Å². The number of rotatable bonds is 4. The highest BCUT2D eigenvalue weighted by Crippen LogP contribution is 2.18. The third-order valence-corrected chi connectivity index (χ3v) is 4.16. The van der Waals surface area contributed by atoms with E-state index in [0.29, 0.717) is 19.5 Å². The van der Waals surface area contributed by atoms with Crippen molar-refractivity contribution in [3.8, 4) is 0 Å². The van der Waals surface area contributed by atoms with Crippen molar-refractivity contribution in [3.05, 3.63) is 0 Å². The quantitative estimate of drug-likeness (QED) is 0.825. The van der Waals surface area contributed by atoms with Gasteiger partial charge in [-0.3, -0.25) is 9.59 Å². The van der Waals surface area contributed by atoms with Crippen molar-refractivity contribution < 1.29 is 14.3 Å². The maximum atomic E-state index is 12.5. The number of ether oxygens (including phenoxy) is 1. The first-order valence-corrected chi connectivity index (χ1v) is 7.31. The molecule has 0 spiro atoms. The second-order valence-corrected chi connectivity index (χ2v) is 5.60. The topological polar surface area (TPSA) is 58.6 Å². The van der Waals surface area contributed by atoms with Gasteiger partial charge in [-0.25, -0.2) is 0 Å². The Morgan fingerprint density at radius 2 is 2.26 bits per heavy atom. The van der Waals surface area contributed by atoms with E-state index in [0.717, 1.165) is 25.9 Å². The minimum absolute atomic E-state index is 0.0199.